The number of allylic oxidation sites excluding steroid dienone is 2. The molecule has 0 N–H and O–H groups in total. The van der Waals surface area contributed by atoms with Gasteiger partial charge in [-0.3, -0.25) is 4.79 Å². The van der Waals surface area contributed by atoms with Crippen LogP contribution in [0.25, 0.3) is 0 Å². The first kappa shape index (κ1) is 16.3. The Morgan fingerprint density at radius 1 is 1.13 bits per heavy atom. The zero-order chi connectivity index (χ0) is 16.6. The highest BCUT2D eigenvalue weighted by atomic mass is 79.9. The molecule has 122 valence electrons. The predicted molar refractivity (Wildman–Crippen MR) is 100 cm³/mol. The van der Waals surface area contributed by atoms with E-state index in [1.54, 1.807) is 0 Å². The molecule has 0 aromatic heterocycles. The minimum absolute atomic E-state index is 0.139. The second-order valence-corrected chi connectivity index (χ2v) is 7.07. The van der Waals surface area contributed by atoms with Gasteiger partial charge in [0.25, 0.3) is 5.91 Å². The second-order valence-electron chi connectivity index (χ2n) is 6.28. The fraction of sp³-hybridized carbons (Fsp3) is 0.421. The van der Waals surface area contributed by atoms with Crippen LogP contribution in [-0.2, 0) is 4.79 Å². The molecular weight excluding hydrogens is 352 g/mol. The molecule has 0 fully saturated rings. The number of carbonyl (C=O) groups is 1. The van der Waals surface area contributed by atoms with Crippen molar-refractivity contribution in [3.8, 4) is 0 Å². The molecule has 0 unspecified atom stereocenters. The summed E-state index contributed by atoms with van der Waals surface area (Å²) in [5, 5.41) is 0.958. The van der Waals surface area contributed by atoms with E-state index in [1.165, 1.54) is 11.1 Å². The van der Waals surface area contributed by atoms with Crippen LogP contribution in [0.2, 0.25) is 0 Å². The monoisotopic (exact) mass is 374 g/mol. The number of nitrogens with zero attached hydrogens (tertiary/aromatic N) is 2. The van der Waals surface area contributed by atoms with E-state index < -0.39 is 0 Å². The first-order valence-corrected chi connectivity index (χ1v) is 9.29. The van der Waals surface area contributed by atoms with Gasteiger partial charge in [0.05, 0.1) is 17.1 Å². The van der Waals surface area contributed by atoms with Gasteiger partial charge in [-0.05, 0) is 50.8 Å². The fourth-order valence-electron chi connectivity index (χ4n) is 3.48. The van der Waals surface area contributed by atoms with E-state index >= 15 is 0 Å². The van der Waals surface area contributed by atoms with Crippen molar-refractivity contribution in [3.05, 3.63) is 46.7 Å². The Morgan fingerprint density at radius 2 is 1.83 bits per heavy atom. The molecule has 0 saturated carbocycles. The van der Waals surface area contributed by atoms with E-state index in [0.717, 1.165) is 53.8 Å². The Kier molecular flexibility index (Phi) is 4.62. The molecule has 0 saturated heterocycles. The molecule has 0 bridgehead atoms. The van der Waals surface area contributed by atoms with Gasteiger partial charge in [-0.2, -0.15) is 0 Å². The topological polar surface area (TPSA) is 23.6 Å². The molecule has 1 aromatic carbocycles. The Morgan fingerprint density at radius 3 is 2.52 bits per heavy atom. The van der Waals surface area contributed by atoms with Gasteiger partial charge in [-0.25, -0.2) is 0 Å². The fourth-order valence-corrected chi connectivity index (χ4v) is 3.73. The molecule has 1 aromatic rings. The van der Waals surface area contributed by atoms with Crippen molar-refractivity contribution < 1.29 is 4.79 Å². The van der Waals surface area contributed by atoms with Crippen molar-refractivity contribution in [3.63, 3.8) is 0 Å². The molecule has 1 amide bonds. The Labute approximate surface area is 146 Å². The summed E-state index contributed by atoms with van der Waals surface area (Å²) in [7, 11) is 1.89. The lowest BCUT2D eigenvalue weighted by Gasteiger charge is -2.32. The van der Waals surface area contributed by atoms with Gasteiger partial charge in [-0.15, -0.1) is 0 Å². The standard InChI is InChI=1S/C19H23BrN2O/c1-13-9-10-15-18(14(13)2)22(12-6-11-20)17-8-5-4-7-16(17)21(3)19(15)23/h4-5,7-8H,6,9-12H2,1-3H3. The second kappa shape index (κ2) is 6.52. The maximum atomic E-state index is 13.0. The minimum Gasteiger partial charge on any atom is -0.339 e. The van der Waals surface area contributed by atoms with E-state index in [-0.39, 0.29) is 5.91 Å². The van der Waals surface area contributed by atoms with Crippen molar-refractivity contribution in [2.75, 3.05) is 28.7 Å². The van der Waals surface area contributed by atoms with Gasteiger partial charge in [0.2, 0.25) is 0 Å². The first-order chi connectivity index (χ1) is 11.1. The van der Waals surface area contributed by atoms with Crippen molar-refractivity contribution in [2.45, 2.75) is 33.1 Å². The number of hydrogen-bond acceptors (Lipinski definition) is 2. The average Bonchev–Trinajstić information content (AvgIpc) is 2.65. The number of amides is 1. The average molecular weight is 375 g/mol. The van der Waals surface area contributed by atoms with E-state index in [2.05, 4.69) is 46.8 Å². The van der Waals surface area contributed by atoms with Crippen LogP contribution in [0.4, 0.5) is 11.4 Å². The molecule has 3 nitrogen and oxygen atoms in total. The van der Waals surface area contributed by atoms with Crippen LogP contribution in [0.1, 0.15) is 33.1 Å². The zero-order valence-electron chi connectivity index (χ0n) is 14.0. The normalized spacial score (nSPS) is 18.2. The summed E-state index contributed by atoms with van der Waals surface area (Å²) in [6, 6.07) is 8.22. The quantitative estimate of drug-likeness (QED) is 0.719. The largest absolute Gasteiger partial charge is 0.339 e. The number of likely N-dealkylation sites (N-methyl/N-ethyl adjacent to an activating group) is 1. The Balaban J connectivity index is 2.23. The highest BCUT2D eigenvalue weighted by Crippen LogP contribution is 2.42. The number of rotatable bonds is 3. The van der Waals surface area contributed by atoms with Crippen LogP contribution in [0, 0.1) is 0 Å². The number of hydrogen-bond donors (Lipinski definition) is 0. The van der Waals surface area contributed by atoms with E-state index in [1.807, 2.05) is 24.1 Å². The van der Waals surface area contributed by atoms with Crippen LogP contribution in [0.3, 0.4) is 0 Å². The predicted octanol–water partition coefficient (Wildman–Crippen LogP) is 4.64. The molecule has 1 aliphatic heterocycles. The third kappa shape index (κ3) is 2.74. The maximum absolute atomic E-state index is 13.0. The van der Waals surface area contributed by atoms with Crippen molar-refractivity contribution in [1.82, 2.24) is 0 Å². The number of halogens is 1. The summed E-state index contributed by atoms with van der Waals surface area (Å²) >= 11 is 3.54. The summed E-state index contributed by atoms with van der Waals surface area (Å²) < 4.78 is 0. The Hall–Kier alpha value is -1.55. The number of benzene rings is 1. The van der Waals surface area contributed by atoms with Gasteiger partial charge in [0.1, 0.15) is 0 Å². The number of carbonyl (C=O) groups excluding carboxylic acids is 1. The van der Waals surface area contributed by atoms with Crippen LogP contribution < -0.4 is 9.80 Å². The summed E-state index contributed by atoms with van der Waals surface area (Å²) in [5.41, 5.74) is 6.87. The lowest BCUT2D eigenvalue weighted by molar-refractivity contribution is -0.115. The summed E-state index contributed by atoms with van der Waals surface area (Å²) in [6.45, 7) is 5.26. The molecule has 0 spiro atoms. The van der Waals surface area contributed by atoms with E-state index in [4.69, 9.17) is 0 Å². The van der Waals surface area contributed by atoms with Crippen molar-refractivity contribution >= 4 is 33.2 Å². The van der Waals surface area contributed by atoms with Gasteiger partial charge in [0, 0.05) is 24.5 Å². The third-order valence-electron chi connectivity index (χ3n) is 4.91. The molecule has 0 atom stereocenters. The van der Waals surface area contributed by atoms with Gasteiger partial charge in [0.15, 0.2) is 0 Å². The van der Waals surface area contributed by atoms with Crippen molar-refractivity contribution in [2.24, 2.45) is 0 Å². The maximum Gasteiger partial charge on any atom is 0.256 e. The van der Waals surface area contributed by atoms with Crippen LogP contribution >= 0.6 is 15.9 Å². The van der Waals surface area contributed by atoms with Gasteiger partial charge < -0.3 is 9.80 Å². The molecule has 23 heavy (non-hydrogen) atoms. The lowest BCUT2D eigenvalue weighted by atomic mass is 9.89. The molecule has 1 aliphatic carbocycles. The highest BCUT2D eigenvalue weighted by Gasteiger charge is 2.33. The SMILES string of the molecule is CC1=C(C)C2=C(CC1)C(=O)N(C)c1ccccc1N2CCCBr. The van der Waals surface area contributed by atoms with Gasteiger partial charge in [-0.1, -0.05) is 33.6 Å². The zero-order valence-corrected chi connectivity index (χ0v) is 15.6. The molecule has 1 heterocycles. The number of fused-ring (bicyclic) bond motifs is 1. The number of anilines is 2. The third-order valence-corrected chi connectivity index (χ3v) is 5.47. The lowest BCUT2D eigenvalue weighted by Crippen LogP contribution is -2.30. The van der Waals surface area contributed by atoms with Crippen LogP contribution in [-0.4, -0.2) is 24.8 Å². The molecule has 2 aliphatic rings. The summed E-state index contributed by atoms with van der Waals surface area (Å²) in [5.74, 6) is 0.139. The van der Waals surface area contributed by atoms with E-state index in [9.17, 15) is 4.79 Å². The summed E-state index contributed by atoms with van der Waals surface area (Å²) in [4.78, 5) is 17.2. The van der Waals surface area contributed by atoms with E-state index in [0.29, 0.717) is 0 Å². The van der Waals surface area contributed by atoms with Crippen molar-refractivity contribution in [1.29, 1.82) is 0 Å². The highest BCUT2D eigenvalue weighted by molar-refractivity contribution is 9.09. The molecule has 0 radical (unpaired) electrons. The van der Waals surface area contributed by atoms with Gasteiger partial charge >= 0.3 is 0 Å². The molecule has 4 heteroatoms. The van der Waals surface area contributed by atoms with Crippen LogP contribution in [0.15, 0.2) is 46.7 Å². The molecular formula is C19H23BrN2O. The summed E-state index contributed by atoms with van der Waals surface area (Å²) in [6.07, 6.45) is 2.85. The number of alkyl halides is 1. The molecule has 3 rings (SSSR count). The minimum atomic E-state index is 0.139. The van der Waals surface area contributed by atoms with Crippen LogP contribution in [0.5, 0.6) is 0 Å². The first-order valence-electron chi connectivity index (χ1n) is 8.16. The smallest absolute Gasteiger partial charge is 0.256 e. The Bertz CT molecular complexity index is 705. The number of para-hydroxylation sites is 2.